The van der Waals surface area contributed by atoms with Crippen LogP contribution in [0.3, 0.4) is 0 Å². The predicted octanol–water partition coefficient (Wildman–Crippen LogP) is 3.52. The maximum Gasteiger partial charge on any atom is 0.305 e. The number of ether oxygens (including phenoxy) is 2. The second-order valence-corrected chi connectivity index (χ2v) is 8.48. The number of carbonyl (C=O) groups excluding carboxylic acids is 2. The Bertz CT molecular complexity index is 392. The lowest BCUT2D eigenvalue weighted by Crippen LogP contribution is -2.35. The molecule has 3 N–H and O–H groups in total. The van der Waals surface area contributed by atoms with Gasteiger partial charge in [0.2, 0.25) is 0 Å². The van der Waals surface area contributed by atoms with E-state index in [1.807, 2.05) is 0 Å². The molecule has 0 spiro atoms. The zero-order chi connectivity index (χ0) is 22.5. The number of unbranched alkanes of at least 4 members (excludes halogenated alkanes) is 10. The van der Waals surface area contributed by atoms with Gasteiger partial charge in [0.15, 0.2) is 0 Å². The van der Waals surface area contributed by atoms with E-state index in [-0.39, 0.29) is 45.0 Å². The molecule has 7 nitrogen and oxygen atoms in total. The monoisotopic (exact) mass is 432 g/mol. The van der Waals surface area contributed by atoms with Gasteiger partial charge in [0.1, 0.15) is 13.2 Å². The van der Waals surface area contributed by atoms with Crippen LogP contribution in [0.1, 0.15) is 96.8 Å². The highest BCUT2D eigenvalue weighted by molar-refractivity contribution is 5.69. The Labute approximate surface area is 182 Å². The first kappa shape index (κ1) is 28.8. The Balaban J connectivity index is 3.84. The van der Waals surface area contributed by atoms with E-state index in [0.717, 1.165) is 77.0 Å². The molecule has 0 radical (unpaired) electrons. The second-order valence-electron chi connectivity index (χ2n) is 8.48. The molecule has 30 heavy (non-hydrogen) atoms. The van der Waals surface area contributed by atoms with Crippen molar-refractivity contribution < 1.29 is 34.4 Å². The SMILES string of the molecule is CC(CO)(COC(=O)CCCCCCCCO)COC(=O)CCCCCCCCO. The number of esters is 2. The molecule has 0 aromatic carbocycles. The van der Waals surface area contributed by atoms with Crippen molar-refractivity contribution in [3.63, 3.8) is 0 Å². The zero-order valence-electron chi connectivity index (χ0n) is 18.9. The van der Waals surface area contributed by atoms with Crippen LogP contribution in [-0.4, -0.2) is 60.3 Å². The van der Waals surface area contributed by atoms with Crippen LogP contribution in [0, 0.1) is 5.41 Å². The van der Waals surface area contributed by atoms with E-state index in [2.05, 4.69) is 0 Å². The minimum atomic E-state index is -0.792. The fourth-order valence-corrected chi connectivity index (χ4v) is 2.96. The fraction of sp³-hybridized carbons (Fsp3) is 0.913. The molecule has 0 heterocycles. The van der Waals surface area contributed by atoms with Crippen molar-refractivity contribution in [3.8, 4) is 0 Å². The Hall–Kier alpha value is -1.18. The number of aliphatic hydroxyl groups is 3. The van der Waals surface area contributed by atoms with Gasteiger partial charge in [-0.05, 0) is 25.7 Å². The van der Waals surface area contributed by atoms with Crippen molar-refractivity contribution in [2.45, 2.75) is 96.8 Å². The van der Waals surface area contributed by atoms with E-state index < -0.39 is 5.41 Å². The van der Waals surface area contributed by atoms with Gasteiger partial charge in [-0.15, -0.1) is 0 Å². The second kappa shape index (κ2) is 19.8. The lowest BCUT2D eigenvalue weighted by atomic mass is 9.94. The molecule has 0 saturated carbocycles. The summed E-state index contributed by atoms with van der Waals surface area (Å²) < 4.78 is 10.6. The Morgan fingerprint density at radius 3 is 1.27 bits per heavy atom. The highest BCUT2D eigenvalue weighted by Gasteiger charge is 2.27. The van der Waals surface area contributed by atoms with Gasteiger partial charge in [-0.3, -0.25) is 9.59 Å². The molecule has 7 heteroatoms. The van der Waals surface area contributed by atoms with E-state index in [1.165, 1.54) is 0 Å². The molecule has 178 valence electrons. The first-order chi connectivity index (χ1) is 14.5. The Kier molecular flexibility index (Phi) is 19.0. The van der Waals surface area contributed by atoms with Crippen molar-refractivity contribution in [2.24, 2.45) is 5.41 Å². The van der Waals surface area contributed by atoms with Gasteiger partial charge in [0.05, 0.1) is 12.0 Å². The topological polar surface area (TPSA) is 113 Å². The predicted molar refractivity (Wildman–Crippen MR) is 116 cm³/mol. The normalized spacial score (nSPS) is 11.5. The van der Waals surface area contributed by atoms with Crippen LogP contribution in [0.5, 0.6) is 0 Å². The van der Waals surface area contributed by atoms with Crippen LogP contribution in [0.2, 0.25) is 0 Å². The summed E-state index contributed by atoms with van der Waals surface area (Å²) in [6.07, 6.45) is 12.0. The van der Waals surface area contributed by atoms with Crippen LogP contribution in [-0.2, 0) is 19.1 Å². The summed E-state index contributed by atoms with van der Waals surface area (Å²) in [5.74, 6) is -0.588. The molecule has 0 aliphatic heterocycles. The third-order valence-corrected chi connectivity index (χ3v) is 5.12. The molecule has 0 rings (SSSR count). The summed E-state index contributed by atoms with van der Waals surface area (Å²) in [4.78, 5) is 23.8. The zero-order valence-corrected chi connectivity index (χ0v) is 18.9. The van der Waals surface area contributed by atoms with Crippen LogP contribution in [0.15, 0.2) is 0 Å². The summed E-state index contributed by atoms with van der Waals surface area (Å²) in [6.45, 7) is 2.02. The summed E-state index contributed by atoms with van der Waals surface area (Å²) in [5, 5.41) is 27.1. The lowest BCUT2D eigenvalue weighted by molar-refractivity contribution is -0.155. The number of rotatable bonds is 21. The molecule has 0 aliphatic rings. The maximum atomic E-state index is 11.9. The molecule has 0 fully saturated rings. The molecule has 0 amide bonds. The summed E-state index contributed by atoms with van der Waals surface area (Å²) in [5.41, 5.74) is -0.792. The standard InChI is InChI=1S/C23H44O7/c1-23(18-26,19-29-21(27)14-10-6-2-4-8-12-16-24)20-30-22(28)15-11-7-3-5-9-13-17-25/h24-26H,2-20H2,1H3. The van der Waals surface area contributed by atoms with Crippen molar-refractivity contribution in [2.75, 3.05) is 33.0 Å². The third kappa shape index (κ3) is 17.7. The van der Waals surface area contributed by atoms with Crippen LogP contribution < -0.4 is 0 Å². The van der Waals surface area contributed by atoms with Gasteiger partial charge in [0, 0.05) is 26.1 Å². The van der Waals surface area contributed by atoms with Crippen LogP contribution in [0.25, 0.3) is 0 Å². The van der Waals surface area contributed by atoms with Gasteiger partial charge in [-0.1, -0.05) is 58.3 Å². The lowest BCUT2D eigenvalue weighted by Gasteiger charge is -2.26. The molecule has 0 aromatic rings. The number of hydrogen-bond donors (Lipinski definition) is 3. The molecule has 0 atom stereocenters. The molecule has 0 saturated heterocycles. The minimum absolute atomic E-state index is 0.0248. The van der Waals surface area contributed by atoms with Crippen molar-refractivity contribution in [1.82, 2.24) is 0 Å². The quantitative estimate of drug-likeness (QED) is 0.188. The van der Waals surface area contributed by atoms with E-state index in [9.17, 15) is 14.7 Å². The van der Waals surface area contributed by atoms with E-state index >= 15 is 0 Å². The fourth-order valence-electron chi connectivity index (χ4n) is 2.96. The molecule has 0 bridgehead atoms. The number of carbonyl (C=O) groups is 2. The van der Waals surface area contributed by atoms with Gasteiger partial charge in [-0.25, -0.2) is 0 Å². The van der Waals surface area contributed by atoms with Crippen molar-refractivity contribution in [3.05, 3.63) is 0 Å². The average molecular weight is 433 g/mol. The first-order valence-corrected chi connectivity index (χ1v) is 11.6. The molecular weight excluding hydrogens is 388 g/mol. The molecule has 0 unspecified atom stereocenters. The van der Waals surface area contributed by atoms with Gasteiger partial charge in [-0.2, -0.15) is 0 Å². The maximum absolute atomic E-state index is 11.9. The van der Waals surface area contributed by atoms with Crippen LogP contribution >= 0.6 is 0 Å². The van der Waals surface area contributed by atoms with Gasteiger partial charge >= 0.3 is 11.9 Å². The highest BCUT2D eigenvalue weighted by atomic mass is 16.5. The number of aliphatic hydroxyl groups excluding tert-OH is 3. The molecular formula is C23H44O7. The minimum Gasteiger partial charge on any atom is -0.465 e. The smallest absolute Gasteiger partial charge is 0.305 e. The highest BCUT2D eigenvalue weighted by Crippen LogP contribution is 2.18. The molecule has 0 aliphatic carbocycles. The third-order valence-electron chi connectivity index (χ3n) is 5.12. The Morgan fingerprint density at radius 1 is 0.600 bits per heavy atom. The first-order valence-electron chi connectivity index (χ1n) is 11.6. The number of hydrogen-bond acceptors (Lipinski definition) is 7. The largest absolute Gasteiger partial charge is 0.465 e. The van der Waals surface area contributed by atoms with E-state index in [0.29, 0.717) is 12.8 Å². The van der Waals surface area contributed by atoms with Crippen molar-refractivity contribution in [1.29, 1.82) is 0 Å². The van der Waals surface area contributed by atoms with Gasteiger partial charge in [0.25, 0.3) is 0 Å². The van der Waals surface area contributed by atoms with E-state index in [1.54, 1.807) is 6.92 Å². The summed E-state index contributed by atoms with van der Waals surface area (Å²) in [7, 11) is 0. The summed E-state index contributed by atoms with van der Waals surface area (Å²) in [6, 6.07) is 0. The average Bonchev–Trinajstić information content (AvgIpc) is 2.75. The Morgan fingerprint density at radius 2 is 0.933 bits per heavy atom. The van der Waals surface area contributed by atoms with Crippen LogP contribution in [0.4, 0.5) is 0 Å². The molecule has 0 aromatic heterocycles. The van der Waals surface area contributed by atoms with Gasteiger partial charge < -0.3 is 24.8 Å². The summed E-state index contributed by atoms with van der Waals surface area (Å²) >= 11 is 0. The van der Waals surface area contributed by atoms with Crippen molar-refractivity contribution >= 4 is 11.9 Å². The van der Waals surface area contributed by atoms with E-state index in [4.69, 9.17) is 19.7 Å².